The van der Waals surface area contributed by atoms with Gasteiger partial charge in [0.05, 0.1) is 24.9 Å². The largest absolute Gasteiger partial charge is 0.464 e. The molecule has 0 radical (unpaired) electrons. The van der Waals surface area contributed by atoms with Crippen molar-refractivity contribution in [1.29, 1.82) is 0 Å². The molecule has 4 rings (SSSR count). The molecule has 1 aliphatic rings. The number of rotatable bonds is 5. The number of benzene rings is 1. The summed E-state index contributed by atoms with van der Waals surface area (Å²) in [6, 6.07) is 8.90. The Hall–Kier alpha value is -2.77. The molecule has 158 valence electrons. The summed E-state index contributed by atoms with van der Waals surface area (Å²) in [6.45, 7) is 7.30. The molecule has 0 unspecified atom stereocenters. The lowest BCUT2D eigenvalue weighted by atomic mass is 10.1. The van der Waals surface area contributed by atoms with Crippen LogP contribution in [0.25, 0.3) is 22.6 Å². The van der Waals surface area contributed by atoms with Crippen LogP contribution >= 0.6 is 0 Å². The summed E-state index contributed by atoms with van der Waals surface area (Å²) in [7, 11) is 1.50. The number of aromatic nitrogens is 3. The van der Waals surface area contributed by atoms with E-state index in [1.165, 1.54) is 13.2 Å². The standard InChI is InChI=1S/C23H26FN3O3/c1-14-9-18(10-15(2)25-14)22-20-7-8-29-16(3)12-27(20)23(26-22)17-5-6-19(24)21(11-17)30-13-28-4/h5-6,9-11,16H,7-8,12-13H2,1-4H3/t16-/m1/s1. The summed E-state index contributed by atoms with van der Waals surface area (Å²) in [4.78, 5) is 9.50. The molecule has 3 heterocycles. The van der Waals surface area contributed by atoms with E-state index < -0.39 is 5.82 Å². The second kappa shape index (κ2) is 8.53. The minimum absolute atomic E-state index is 0.0221. The second-order valence-corrected chi connectivity index (χ2v) is 7.61. The molecule has 0 saturated carbocycles. The average Bonchev–Trinajstić information content (AvgIpc) is 2.93. The van der Waals surface area contributed by atoms with Crippen molar-refractivity contribution >= 4 is 0 Å². The third-order valence-electron chi connectivity index (χ3n) is 5.13. The van der Waals surface area contributed by atoms with Gasteiger partial charge in [-0.2, -0.15) is 0 Å². The molecule has 7 heteroatoms. The molecule has 1 aliphatic heterocycles. The van der Waals surface area contributed by atoms with Crippen LogP contribution in [0, 0.1) is 19.7 Å². The van der Waals surface area contributed by atoms with Crippen molar-refractivity contribution in [2.45, 2.75) is 39.8 Å². The first-order chi connectivity index (χ1) is 14.5. The van der Waals surface area contributed by atoms with Gasteiger partial charge < -0.3 is 18.8 Å². The van der Waals surface area contributed by atoms with Crippen molar-refractivity contribution in [1.82, 2.24) is 14.5 Å². The van der Waals surface area contributed by atoms with E-state index >= 15 is 0 Å². The van der Waals surface area contributed by atoms with E-state index in [2.05, 4.69) is 16.5 Å². The molecule has 0 saturated heterocycles. The van der Waals surface area contributed by atoms with Crippen LogP contribution in [0.3, 0.4) is 0 Å². The highest BCUT2D eigenvalue weighted by Crippen LogP contribution is 2.34. The number of nitrogens with zero attached hydrogens (tertiary/aromatic N) is 3. The average molecular weight is 411 g/mol. The maximum absolute atomic E-state index is 14.2. The molecular weight excluding hydrogens is 385 g/mol. The highest BCUT2D eigenvalue weighted by atomic mass is 19.1. The molecular formula is C23H26FN3O3. The van der Waals surface area contributed by atoms with Gasteiger partial charge in [-0.15, -0.1) is 0 Å². The molecule has 1 aromatic carbocycles. The SMILES string of the molecule is COCOc1cc(-c2nc(-c3cc(C)nc(C)c3)c3n2C[C@@H](C)OCC3)ccc1F. The monoisotopic (exact) mass is 411 g/mol. The highest BCUT2D eigenvalue weighted by molar-refractivity contribution is 5.69. The Balaban J connectivity index is 1.87. The minimum Gasteiger partial charge on any atom is -0.464 e. The zero-order chi connectivity index (χ0) is 21.3. The minimum atomic E-state index is -0.434. The normalized spacial score (nSPS) is 16.2. The van der Waals surface area contributed by atoms with Crippen LogP contribution < -0.4 is 4.74 Å². The molecule has 0 aliphatic carbocycles. The van der Waals surface area contributed by atoms with Crippen molar-refractivity contribution in [3.63, 3.8) is 0 Å². The first kappa shape index (κ1) is 20.5. The number of aryl methyl sites for hydroxylation is 2. The summed E-state index contributed by atoms with van der Waals surface area (Å²) >= 11 is 0. The molecule has 2 aromatic heterocycles. The zero-order valence-corrected chi connectivity index (χ0v) is 17.7. The van der Waals surface area contributed by atoms with E-state index in [0.717, 1.165) is 46.1 Å². The number of hydrogen-bond donors (Lipinski definition) is 0. The second-order valence-electron chi connectivity index (χ2n) is 7.61. The summed E-state index contributed by atoms with van der Waals surface area (Å²) in [6.07, 6.45) is 0.805. The topological polar surface area (TPSA) is 58.4 Å². The predicted molar refractivity (Wildman–Crippen MR) is 112 cm³/mol. The van der Waals surface area contributed by atoms with E-state index in [1.54, 1.807) is 12.1 Å². The predicted octanol–water partition coefficient (Wildman–Crippen LogP) is 4.31. The van der Waals surface area contributed by atoms with Gasteiger partial charge in [-0.1, -0.05) is 0 Å². The quantitative estimate of drug-likeness (QED) is 0.586. The Kier molecular flexibility index (Phi) is 5.83. The van der Waals surface area contributed by atoms with Crippen LogP contribution in [-0.4, -0.2) is 41.1 Å². The van der Waals surface area contributed by atoms with Crippen LogP contribution in [0.4, 0.5) is 4.39 Å². The summed E-state index contributed by atoms with van der Waals surface area (Å²) in [5, 5.41) is 0. The van der Waals surface area contributed by atoms with Crippen molar-refractivity contribution in [2.75, 3.05) is 20.5 Å². The van der Waals surface area contributed by atoms with E-state index in [4.69, 9.17) is 19.2 Å². The van der Waals surface area contributed by atoms with Gasteiger partial charge in [0, 0.05) is 41.7 Å². The van der Waals surface area contributed by atoms with E-state index in [0.29, 0.717) is 13.2 Å². The number of hydrogen-bond acceptors (Lipinski definition) is 5. The van der Waals surface area contributed by atoms with Crippen molar-refractivity contribution in [2.24, 2.45) is 0 Å². The van der Waals surface area contributed by atoms with Crippen molar-refractivity contribution in [3.8, 4) is 28.4 Å². The number of pyridine rings is 1. The number of halogens is 1. The van der Waals surface area contributed by atoms with Gasteiger partial charge in [0.2, 0.25) is 0 Å². The Morgan fingerprint density at radius 3 is 2.63 bits per heavy atom. The molecule has 30 heavy (non-hydrogen) atoms. The van der Waals surface area contributed by atoms with Crippen LogP contribution in [-0.2, 0) is 22.4 Å². The third-order valence-corrected chi connectivity index (χ3v) is 5.13. The first-order valence-corrected chi connectivity index (χ1v) is 10.0. The fourth-order valence-electron chi connectivity index (χ4n) is 3.90. The van der Waals surface area contributed by atoms with Crippen molar-refractivity contribution in [3.05, 3.63) is 53.2 Å². The maximum Gasteiger partial charge on any atom is 0.188 e. The first-order valence-electron chi connectivity index (χ1n) is 10.0. The molecule has 0 N–H and O–H groups in total. The molecule has 0 bridgehead atoms. The zero-order valence-electron chi connectivity index (χ0n) is 17.7. The van der Waals surface area contributed by atoms with Gasteiger partial charge in [-0.3, -0.25) is 4.98 Å². The van der Waals surface area contributed by atoms with E-state index in [-0.39, 0.29) is 18.6 Å². The number of imidazole rings is 1. The Labute approximate surface area is 175 Å². The molecule has 0 spiro atoms. The fourth-order valence-corrected chi connectivity index (χ4v) is 3.90. The molecule has 6 nitrogen and oxygen atoms in total. The Bertz CT molecular complexity index is 1040. The lowest BCUT2D eigenvalue weighted by Gasteiger charge is -2.13. The highest BCUT2D eigenvalue weighted by Gasteiger charge is 2.24. The maximum atomic E-state index is 14.2. The van der Waals surface area contributed by atoms with Gasteiger partial charge in [0.25, 0.3) is 0 Å². The smallest absolute Gasteiger partial charge is 0.188 e. The van der Waals surface area contributed by atoms with Crippen LogP contribution in [0.5, 0.6) is 5.75 Å². The van der Waals surface area contributed by atoms with Gasteiger partial charge >= 0.3 is 0 Å². The van der Waals surface area contributed by atoms with Crippen LogP contribution in [0.2, 0.25) is 0 Å². The molecule has 0 amide bonds. The van der Waals surface area contributed by atoms with Crippen LogP contribution in [0.1, 0.15) is 24.0 Å². The van der Waals surface area contributed by atoms with Gasteiger partial charge in [0.15, 0.2) is 18.4 Å². The fraction of sp³-hybridized carbons (Fsp3) is 0.391. The summed E-state index contributed by atoms with van der Waals surface area (Å²) in [5.74, 6) is 0.476. The summed E-state index contributed by atoms with van der Waals surface area (Å²) < 4.78 is 32.6. The third kappa shape index (κ3) is 4.08. The number of fused-ring (bicyclic) bond motifs is 1. The lowest BCUT2D eigenvalue weighted by molar-refractivity contribution is 0.0483. The summed E-state index contributed by atoms with van der Waals surface area (Å²) in [5.41, 5.74) is 5.74. The number of ether oxygens (including phenoxy) is 3. The van der Waals surface area contributed by atoms with E-state index in [1.807, 2.05) is 26.0 Å². The Morgan fingerprint density at radius 1 is 1.13 bits per heavy atom. The van der Waals surface area contributed by atoms with E-state index in [9.17, 15) is 4.39 Å². The molecule has 0 fully saturated rings. The molecule has 3 aromatic rings. The molecule has 1 atom stereocenters. The number of methoxy groups -OCH3 is 1. The van der Waals surface area contributed by atoms with Gasteiger partial charge in [-0.05, 0) is 51.1 Å². The van der Waals surface area contributed by atoms with Crippen molar-refractivity contribution < 1.29 is 18.6 Å². The van der Waals surface area contributed by atoms with Gasteiger partial charge in [-0.25, -0.2) is 9.37 Å². The van der Waals surface area contributed by atoms with Gasteiger partial charge in [0.1, 0.15) is 5.82 Å². The van der Waals surface area contributed by atoms with Crippen LogP contribution in [0.15, 0.2) is 30.3 Å². The lowest BCUT2D eigenvalue weighted by Crippen LogP contribution is -2.15. The Morgan fingerprint density at radius 2 is 1.90 bits per heavy atom.